The minimum absolute atomic E-state index is 0.0233. The summed E-state index contributed by atoms with van der Waals surface area (Å²) in [7, 11) is 0. The number of phenols is 1. The zero-order valence-electron chi connectivity index (χ0n) is 20.9. The van der Waals surface area contributed by atoms with Crippen LogP contribution in [0.25, 0.3) is 0 Å². The van der Waals surface area contributed by atoms with E-state index in [1.54, 1.807) is 44.2 Å². The zero-order valence-corrected chi connectivity index (χ0v) is 21.7. The van der Waals surface area contributed by atoms with E-state index >= 15 is 0 Å². The smallest absolute Gasteiger partial charge is 0.339 e. The molecule has 3 rings (SSSR count). The standard InChI is InChI=1S/C26H31N5O4S/c1-6-35-23(33)20-15(2)28-25(36)30-21(20)16-12-17(22(32)19(13-16)26(3,4)5)14-27-31-24(34)29-18-10-8-7-9-11-18/h7-14,21,32H,6H2,1-5H3,(H2,28,30,36)(H2,29,31,34)/b27-14+. The molecule has 1 atom stereocenters. The highest BCUT2D eigenvalue weighted by atomic mass is 32.1. The third kappa shape index (κ3) is 6.39. The molecule has 0 aliphatic carbocycles. The number of nitrogens with one attached hydrogen (secondary N) is 4. The second-order valence-electron chi connectivity index (χ2n) is 9.24. The number of carbonyl (C=O) groups is 2. The van der Waals surface area contributed by atoms with E-state index in [2.05, 4.69) is 26.5 Å². The Balaban J connectivity index is 1.98. The number of benzene rings is 2. The molecule has 2 amide bonds. The van der Waals surface area contributed by atoms with Gasteiger partial charge in [0.1, 0.15) is 5.75 Å². The van der Waals surface area contributed by atoms with Crippen LogP contribution in [0.3, 0.4) is 0 Å². The molecule has 5 N–H and O–H groups in total. The Labute approximate surface area is 216 Å². The van der Waals surface area contributed by atoms with Gasteiger partial charge in [-0.2, -0.15) is 5.10 Å². The lowest BCUT2D eigenvalue weighted by Crippen LogP contribution is -2.45. The van der Waals surface area contributed by atoms with Crippen molar-refractivity contribution < 1.29 is 19.4 Å². The Kier molecular flexibility index (Phi) is 8.31. The van der Waals surface area contributed by atoms with E-state index in [-0.39, 0.29) is 12.4 Å². The summed E-state index contributed by atoms with van der Waals surface area (Å²) in [6.45, 7) is 9.62. The van der Waals surface area contributed by atoms with Gasteiger partial charge in [0.25, 0.3) is 0 Å². The molecule has 1 aliphatic heterocycles. The van der Waals surface area contributed by atoms with Gasteiger partial charge in [-0.1, -0.05) is 39.0 Å². The van der Waals surface area contributed by atoms with Crippen LogP contribution < -0.4 is 21.4 Å². The molecule has 1 aliphatic rings. The van der Waals surface area contributed by atoms with Gasteiger partial charge in [0.05, 0.1) is 24.4 Å². The van der Waals surface area contributed by atoms with Gasteiger partial charge < -0.3 is 25.8 Å². The van der Waals surface area contributed by atoms with Crippen molar-refractivity contribution in [2.45, 2.75) is 46.1 Å². The number of nitrogens with zero attached hydrogens (tertiary/aromatic N) is 1. The fourth-order valence-electron chi connectivity index (χ4n) is 3.78. The largest absolute Gasteiger partial charge is 0.507 e. The fraction of sp³-hybridized carbons (Fsp3) is 0.308. The maximum Gasteiger partial charge on any atom is 0.339 e. The molecule has 0 saturated carbocycles. The van der Waals surface area contributed by atoms with Gasteiger partial charge in [-0.3, -0.25) is 0 Å². The van der Waals surface area contributed by atoms with Crippen molar-refractivity contribution in [3.63, 3.8) is 0 Å². The Morgan fingerprint density at radius 3 is 2.56 bits per heavy atom. The van der Waals surface area contributed by atoms with Crippen molar-refractivity contribution >= 4 is 41.2 Å². The van der Waals surface area contributed by atoms with E-state index in [9.17, 15) is 14.7 Å². The first kappa shape index (κ1) is 26.7. The van der Waals surface area contributed by atoms with E-state index in [1.807, 2.05) is 32.9 Å². The van der Waals surface area contributed by atoms with E-state index in [0.717, 1.165) is 0 Å². The van der Waals surface area contributed by atoms with Crippen LogP contribution in [0.15, 0.2) is 58.8 Å². The predicted octanol–water partition coefficient (Wildman–Crippen LogP) is 4.20. The number of anilines is 1. The second kappa shape index (κ2) is 11.2. The number of hydrogen-bond donors (Lipinski definition) is 5. The highest BCUT2D eigenvalue weighted by Gasteiger charge is 2.32. The number of amides is 2. The summed E-state index contributed by atoms with van der Waals surface area (Å²) >= 11 is 5.34. The Hall–Kier alpha value is -3.92. The zero-order chi connectivity index (χ0) is 26.5. The maximum atomic E-state index is 12.8. The van der Waals surface area contributed by atoms with Crippen LogP contribution >= 0.6 is 12.2 Å². The van der Waals surface area contributed by atoms with Gasteiger partial charge >= 0.3 is 12.0 Å². The van der Waals surface area contributed by atoms with E-state index in [4.69, 9.17) is 17.0 Å². The van der Waals surface area contributed by atoms with Gasteiger partial charge in [0.2, 0.25) is 0 Å². The van der Waals surface area contributed by atoms with Crippen molar-refractivity contribution in [1.82, 2.24) is 16.1 Å². The Morgan fingerprint density at radius 2 is 1.92 bits per heavy atom. The van der Waals surface area contributed by atoms with Crippen molar-refractivity contribution in [3.05, 3.63) is 70.4 Å². The quantitative estimate of drug-likeness (QED) is 0.171. The lowest BCUT2D eigenvalue weighted by atomic mass is 9.82. The molecular weight excluding hydrogens is 478 g/mol. The molecule has 10 heteroatoms. The lowest BCUT2D eigenvalue weighted by Gasteiger charge is -2.31. The van der Waals surface area contributed by atoms with Gasteiger partial charge in [0, 0.05) is 22.5 Å². The molecule has 0 radical (unpaired) electrons. The topological polar surface area (TPSA) is 124 Å². The first-order valence-corrected chi connectivity index (χ1v) is 11.9. The summed E-state index contributed by atoms with van der Waals surface area (Å²) in [5.41, 5.74) is 5.24. The maximum absolute atomic E-state index is 12.8. The lowest BCUT2D eigenvalue weighted by molar-refractivity contribution is -0.139. The third-order valence-corrected chi connectivity index (χ3v) is 5.69. The number of aromatic hydroxyl groups is 1. The van der Waals surface area contributed by atoms with E-state index in [0.29, 0.717) is 38.8 Å². The van der Waals surface area contributed by atoms with Crippen LogP contribution in [0.4, 0.5) is 10.5 Å². The Bertz CT molecular complexity index is 1220. The summed E-state index contributed by atoms with van der Waals surface area (Å²) in [4.78, 5) is 25.0. The van der Waals surface area contributed by atoms with Crippen LogP contribution in [0.2, 0.25) is 0 Å². The molecule has 36 heavy (non-hydrogen) atoms. The summed E-state index contributed by atoms with van der Waals surface area (Å²) in [6, 6.07) is 11.3. The number of esters is 1. The normalized spacial score (nSPS) is 15.8. The van der Waals surface area contributed by atoms with Crippen LogP contribution in [0.1, 0.15) is 57.4 Å². The first-order valence-electron chi connectivity index (χ1n) is 11.5. The van der Waals surface area contributed by atoms with Crippen molar-refractivity contribution in [1.29, 1.82) is 0 Å². The molecule has 0 saturated heterocycles. The summed E-state index contributed by atoms with van der Waals surface area (Å²) < 4.78 is 5.28. The monoisotopic (exact) mass is 509 g/mol. The molecule has 190 valence electrons. The number of rotatable bonds is 6. The number of hydrazone groups is 1. The van der Waals surface area contributed by atoms with Gasteiger partial charge in [-0.15, -0.1) is 0 Å². The number of ether oxygens (including phenoxy) is 1. The van der Waals surface area contributed by atoms with E-state index < -0.39 is 23.5 Å². The first-order chi connectivity index (χ1) is 17.0. The van der Waals surface area contributed by atoms with Crippen LogP contribution in [-0.2, 0) is 14.9 Å². The summed E-state index contributed by atoms with van der Waals surface area (Å²) in [5.74, 6) is -0.447. The molecule has 1 heterocycles. The number of carbonyl (C=O) groups excluding carboxylic acids is 2. The van der Waals surface area contributed by atoms with Crippen molar-refractivity contribution in [2.75, 3.05) is 11.9 Å². The molecule has 1 unspecified atom stereocenters. The predicted molar refractivity (Wildman–Crippen MR) is 144 cm³/mol. The third-order valence-electron chi connectivity index (χ3n) is 5.47. The van der Waals surface area contributed by atoms with Gasteiger partial charge in [-0.25, -0.2) is 15.0 Å². The molecule has 0 spiro atoms. The molecule has 0 bridgehead atoms. The highest BCUT2D eigenvalue weighted by Crippen LogP contribution is 2.37. The molecule has 9 nitrogen and oxygen atoms in total. The Morgan fingerprint density at radius 1 is 1.22 bits per heavy atom. The SMILES string of the molecule is CCOC(=O)C1=C(C)NC(=S)NC1c1cc(/C=N/NC(=O)Nc2ccccc2)c(O)c(C(C)(C)C)c1. The average molecular weight is 510 g/mol. The number of urea groups is 1. The molecular formula is C26H31N5O4S. The summed E-state index contributed by atoms with van der Waals surface area (Å²) in [6.07, 6.45) is 1.36. The number of thiocarbonyl (C=S) groups is 1. The minimum atomic E-state index is -0.610. The van der Waals surface area contributed by atoms with Crippen LogP contribution in [-0.4, -0.2) is 35.0 Å². The number of hydrogen-bond acceptors (Lipinski definition) is 6. The molecule has 2 aromatic rings. The summed E-state index contributed by atoms with van der Waals surface area (Å²) in [5, 5.41) is 24.2. The van der Waals surface area contributed by atoms with Gasteiger partial charge in [-0.05, 0) is 61.3 Å². The van der Waals surface area contributed by atoms with Crippen molar-refractivity contribution in [2.24, 2.45) is 5.10 Å². The number of phenolic OH excluding ortho intramolecular Hbond substituents is 1. The number of allylic oxidation sites excluding steroid dienone is 1. The number of para-hydroxylation sites is 1. The minimum Gasteiger partial charge on any atom is -0.507 e. The highest BCUT2D eigenvalue weighted by molar-refractivity contribution is 7.80. The molecule has 2 aromatic carbocycles. The second-order valence-corrected chi connectivity index (χ2v) is 9.65. The molecule has 0 aromatic heterocycles. The molecule has 0 fully saturated rings. The fourth-order valence-corrected chi connectivity index (χ4v) is 4.05. The van der Waals surface area contributed by atoms with E-state index in [1.165, 1.54) is 6.21 Å². The van der Waals surface area contributed by atoms with Crippen LogP contribution in [0.5, 0.6) is 5.75 Å². The van der Waals surface area contributed by atoms with Gasteiger partial charge in [0.15, 0.2) is 5.11 Å². The van der Waals surface area contributed by atoms with Crippen molar-refractivity contribution in [3.8, 4) is 5.75 Å². The van der Waals surface area contributed by atoms with Crippen LogP contribution in [0, 0.1) is 0 Å². The average Bonchev–Trinajstić information content (AvgIpc) is 2.79.